The lowest BCUT2D eigenvalue weighted by Crippen LogP contribution is -2.39. The Bertz CT molecular complexity index is 859. The zero-order valence-corrected chi connectivity index (χ0v) is 18.0. The van der Waals surface area contributed by atoms with Gasteiger partial charge in [0.05, 0.1) is 11.7 Å². The van der Waals surface area contributed by atoms with Crippen molar-refractivity contribution >= 4 is 15.8 Å². The molecule has 6 heteroatoms. The zero-order chi connectivity index (χ0) is 19.9. The van der Waals surface area contributed by atoms with E-state index in [1.165, 1.54) is 40.7 Å². The Kier molecular flexibility index (Phi) is 5.64. The summed E-state index contributed by atoms with van der Waals surface area (Å²) >= 11 is 0. The quantitative estimate of drug-likeness (QED) is 0.840. The largest absolute Gasteiger partial charge is 0.306 e. The molecule has 1 unspecified atom stereocenters. The first-order valence-electron chi connectivity index (χ1n) is 10.7. The monoisotopic (exact) mass is 403 g/mol. The van der Waals surface area contributed by atoms with Crippen LogP contribution in [0.3, 0.4) is 0 Å². The Morgan fingerprint density at radius 2 is 1.64 bits per heavy atom. The number of rotatable bonds is 4. The number of carbonyl (C=O) groups excluding carboxylic acids is 1. The summed E-state index contributed by atoms with van der Waals surface area (Å²) in [5, 5.41) is 5.95. The number of nitrogens with two attached hydrogens (primary N) is 1. The normalized spacial score (nSPS) is 26.0. The molecule has 0 aromatic heterocycles. The zero-order valence-electron chi connectivity index (χ0n) is 17.2. The van der Waals surface area contributed by atoms with E-state index in [1.54, 1.807) is 0 Å². The molecule has 1 saturated carbocycles. The summed E-state index contributed by atoms with van der Waals surface area (Å²) in [6.45, 7) is 0. The van der Waals surface area contributed by atoms with E-state index < -0.39 is 9.92 Å². The van der Waals surface area contributed by atoms with E-state index in [0.29, 0.717) is 6.04 Å². The fourth-order valence-electron chi connectivity index (χ4n) is 5.46. The van der Waals surface area contributed by atoms with Gasteiger partial charge in [0.2, 0.25) is 0 Å². The fourth-order valence-corrected chi connectivity index (χ4v) is 6.94. The minimum absolute atomic E-state index is 0.167. The standard InChI is InChI=1S/C22H33N3O2S/c1-25(2)17-9-11-18(12-10-17)28(23,27)24-22(26)14-21-19-7-3-5-15(19)13-16-6-4-8-20(16)21/h13,17-18H,3-12,14H2,1-2H3,(H2,23,24,26,27). The van der Waals surface area contributed by atoms with Crippen molar-refractivity contribution in [3.05, 3.63) is 33.9 Å². The van der Waals surface area contributed by atoms with Gasteiger partial charge < -0.3 is 4.90 Å². The van der Waals surface area contributed by atoms with Crippen molar-refractivity contribution in [2.24, 2.45) is 9.50 Å². The van der Waals surface area contributed by atoms with Gasteiger partial charge in [0, 0.05) is 6.04 Å². The number of hydrogen-bond donors (Lipinski definition) is 1. The fraction of sp³-hybridized carbons (Fsp3) is 0.682. The topological polar surface area (TPSA) is 75.8 Å². The molecule has 1 amide bonds. The first kappa shape index (κ1) is 20.0. The van der Waals surface area contributed by atoms with Crippen LogP contribution in [0.15, 0.2) is 10.4 Å². The van der Waals surface area contributed by atoms with Crippen LogP contribution < -0.4 is 5.14 Å². The second-order valence-corrected chi connectivity index (χ2v) is 11.1. The minimum atomic E-state index is -2.97. The summed E-state index contributed by atoms with van der Waals surface area (Å²) in [6, 6.07) is 2.88. The van der Waals surface area contributed by atoms with Crippen LogP contribution in [0.1, 0.15) is 66.3 Å². The van der Waals surface area contributed by atoms with Gasteiger partial charge in [-0.15, -0.1) is 4.36 Å². The maximum atomic E-state index is 13.1. The van der Waals surface area contributed by atoms with Crippen LogP contribution in [0.25, 0.3) is 0 Å². The molecule has 4 rings (SSSR count). The van der Waals surface area contributed by atoms with Crippen LogP contribution in [-0.2, 0) is 46.8 Å². The molecule has 0 aliphatic heterocycles. The smallest absolute Gasteiger partial charge is 0.259 e. The molecule has 1 atom stereocenters. The van der Waals surface area contributed by atoms with Gasteiger partial charge in [0.1, 0.15) is 9.92 Å². The van der Waals surface area contributed by atoms with Crippen LogP contribution in [0.4, 0.5) is 0 Å². The Labute approximate surface area is 169 Å². The molecule has 28 heavy (non-hydrogen) atoms. The van der Waals surface area contributed by atoms with Gasteiger partial charge in [-0.2, -0.15) is 0 Å². The molecule has 0 heterocycles. The van der Waals surface area contributed by atoms with Crippen LogP contribution in [0.2, 0.25) is 0 Å². The van der Waals surface area contributed by atoms with Crippen molar-refractivity contribution in [3.63, 3.8) is 0 Å². The average molecular weight is 404 g/mol. The predicted molar refractivity (Wildman–Crippen MR) is 114 cm³/mol. The predicted octanol–water partition coefficient (Wildman–Crippen LogP) is 2.95. The lowest BCUT2D eigenvalue weighted by atomic mass is 9.92. The Balaban J connectivity index is 1.53. The SMILES string of the molecule is CN(C)C1CCC(S(N)(=O)=NC(=O)Cc2c3c(cc4c2CCC4)CCC3)CC1. The van der Waals surface area contributed by atoms with Gasteiger partial charge in [-0.1, -0.05) is 6.07 Å². The number of benzene rings is 1. The van der Waals surface area contributed by atoms with E-state index in [0.717, 1.165) is 51.4 Å². The molecular weight excluding hydrogens is 370 g/mol. The molecule has 0 spiro atoms. The number of hydrogen-bond acceptors (Lipinski definition) is 3. The number of carbonyl (C=O) groups is 1. The summed E-state index contributed by atoms with van der Waals surface area (Å²) in [7, 11) is 1.18. The van der Waals surface area contributed by atoms with Crippen LogP contribution in [-0.4, -0.2) is 40.4 Å². The van der Waals surface area contributed by atoms with Crippen LogP contribution >= 0.6 is 0 Å². The van der Waals surface area contributed by atoms with Crippen LogP contribution in [0, 0.1) is 0 Å². The molecule has 1 aromatic carbocycles. The van der Waals surface area contributed by atoms with Crippen LogP contribution in [0.5, 0.6) is 0 Å². The van der Waals surface area contributed by atoms with E-state index in [9.17, 15) is 9.00 Å². The van der Waals surface area contributed by atoms with Gasteiger partial charge in [-0.25, -0.2) is 9.35 Å². The second-order valence-electron chi connectivity index (χ2n) is 9.01. The molecule has 3 aliphatic carbocycles. The molecular formula is C22H33N3O2S. The molecule has 5 nitrogen and oxygen atoms in total. The summed E-state index contributed by atoms with van der Waals surface area (Å²) in [5.74, 6) is -0.295. The molecule has 1 fully saturated rings. The highest BCUT2D eigenvalue weighted by Gasteiger charge is 2.30. The Morgan fingerprint density at radius 3 is 2.18 bits per heavy atom. The summed E-state index contributed by atoms with van der Waals surface area (Å²) in [6.07, 6.45) is 10.4. The van der Waals surface area contributed by atoms with Crippen molar-refractivity contribution in [3.8, 4) is 0 Å². The first-order valence-corrected chi connectivity index (χ1v) is 12.4. The van der Waals surface area contributed by atoms with Gasteiger partial charge in [-0.3, -0.25) is 4.79 Å². The number of amides is 1. The highest BCUT2D eigenvalue weighted by molar-refractivity contribution is 7.92. The maximum absolute atomic E-state index is 13.1. The van der Waals surface area contributed by atoms with Gasteiger partial charge in [0.25, 0.3) is 5.91 Å². The van der Waals surface area contributed by atoms with Gasteiger partial charge in [-0.05, 0) is 106 Å². The lowest BCUT2D eigenvalue weighted by molar-refractivity contribution is -0.117. The van der Waals surface area contributed by atoms with Gasteiger partial charge in [0.15, 0.2) is 0 Å². The summed E-state index contributed by atoms with van der Waals surface area (Å²) in [5.41, 5.74) is 6.74. The molecule has 1 aromatic rings. The molecule has 154 valence electrons. The number of aryl methyl sites for hydroxylation is 2. The highest BCUT2D eigenvalue weighted by atomic mass is 32.2. The molecule has 0 radical (unpaired) electrons. The Hall–Kier alpha value is -1.24. The lowest BCUT2D eigenvalue weighted by Gasteiger charge is -2.32. The number of nitrogens with zero attached hydrogens (tertiary/aromatic N) is 2. The third-order valence-corrected chi connectivity index (χ3v) is 8.94. The Morgan fingerprint density at radius 1 is 1.07 bits per heavy atom. The number of fused-ring (bicyclic) bond motifs is 2. The molecule has 2 N–H and O–H groups in total. The van der Waals surface area contributed by atoms with E-state index >= 15 is 0 Å². The maximum Gasteiger partial charge on any atom is 0.259 e. The van der Waals surface area contributed by atoms with Crippen molar-refractivity contribution in [1.82, 2.24) is 4.90 Å². The molecule has 0 bridgehead atoms. The minimum Gasteiger partial charge on any atom is -0.306 e. The van der Waals surface area contributed by atoms with E-state index in [2.05, 4.69) is 29.4 Å². The van der Waals surface area contributed by atoms with Crippen molar-refractivity contribution < 1.29 is 9.00 Å². The third-order valence-electron chi connectivity index (χ3n) is 7.02. The second kappa shape index (κ2) is 7.88. The molecule has 3 aliphatic rings. The first-order chi connectivity index (χ1) is 13.3. The summed E-state index contributed by atoms with van der Waals surface area (Å²) in [4.78, 5) is 15.0. The van der Waals surface area contributed by atoms with Gasteiger partial charge >= 0.3 is 0 Å². The summed E-state index contributed by atoms with van der Waals surface area (Å²) < 4.78 is 17.2. The van der Waals surface area contributed by atoms with Crippen molar-refractivity contribution in [2.45, 2.75) is 81.9 Å². The van der Waals surface area contributed by atoms with Crippen molar-refractivity contribution in [1.29, 1.82) is 0 Å². The van der Waals surface area contributed by atoms with E-state index in [4.69, 9.17) is 5.14 Å². The average Bonchev–Trinajstić information content (AvgIpc) is 3.30. The molecule has 0 saturated heterocycles. The van der Waals surface area contributed by atoms with E-state index in [-0.39, 0.29) is 17.6 Å². The third kappa shape index (κ3) is 3.91. The highest BCUT2D eigenvalue weighted by Crippen LogP contribution is 2.35. The van der Waals surface area contributed by atoms with E-state index in [1.807, 2.05) is 0 Å². The van der Waals surface area contributed by atoms with Crippen molar-refractivity contribution in [2.75, 3.05) is 14.1 Å².